The van der Waals surface area contributed by atoms with E-state index < -0.39 is 5.60 Å². The van der Waals surface area contributed by atoms with Crippen LogP contribution in [-0.4, -0.2) is 75.4 Å². The van der Waals surface area contributed by atoms with Crippen LogP contribution in [0, 0.1) is 0 Å². The summed E-state index contributed by atoms with van der Waals surface area (Å²) in [6.07, 6.45) is 9.30. The van der Waals surface area contributed by atoms with Gasteiger partial charge in [-0.25, -0.2) is 9.78 Å². The SMILES string of the molecule is CC(C)(C)OC(=O)NCCCCCCN1CCN(c2ccc(-c3cnc(NCc4ccco4)n4cnnc34)cc2)CC1. The van der Waals surface area contributed by atoms with Crippen molar-refractivity contribution in [3.8, 4) is 11.1 Å². The van der Waals surface area contributed by atoms with E-state index in [1.54, 1.807) is 12.6 Å². The van der Waals surface area contributed by atoms with Crippen LogP contribution in [0.1, 0.15) is 52.2 Å². The second-order valence-electron chi connectivity index (χ2n) is 11.7. The van der Waals surface area contributed by atoms with Gasteiger partial charge in [0.25, 0.3) is 0 Å². The first-order chi connectivity index (χ1) is 20.4. The number of benzene rings is 1. The van der Waals surface area contributed by atoms with E-state index in [2.05, 4.69) is 59.9 Å². The Morgan fingerprint density at radius 1 is 1.02 bits per heavy atom. The molecule has 42 heavy (non-hydrogen) atoms. The number of fused-ring (bicyclic) bond motifs is 1. The van der Waals surface area contributed by atoms with Crippen molar-refractivity contribution in [3.63, 3.8) is 0 Å². The molecule has 4 heterocycles. The number of furan rings is 1. The second kappa shape index (κ2) is 13.7. The van der Waals surface area contributed by atoms with Crippen molar-refractivity contribution in [2.45, 2.75) is 58.6 Å². The fourth-order valence-electron chi connectivity index (χ4n) is 5.13. The lowest BCUT2D eigenvalue weighted by Gasteiger charge is -2.36. The molecule has 0 unspecified atom stereocenters. The molecule has 1 saturated heterocycles. The first-order valence-electron chi connectivity index (χ1n) is 14.9. The van der Waals surface area contributed by atoms with Gasteiger partial charge in [0.15, 0.2) is 5.65 Å². The van der Waals surface area contributed by atoms with Gasteiger partial charge in [0.1, 0.15) is 17.7 Å². The third-order valence-electron chi connectivity index (χ3n) is 7.32. The first-order valence-corrected chi connectivity index (χ1v) is 14.9. The summed E-state index contributed by atoms with van der Waals surface area (Å²) < 4.78 is 12.5. The lowest BCUT2D eigenvalue weighted by Crippen LogP contribution is -2.46. The predicted octanol–water partition coefficient (Wildman–Crippen LogP) is 5.20. The molecule has 0 bridgehead atoms. The van der Waals surface area contributed by atoms with Crippen molar-refractivity contribution in [1.29, 1.82) is 0 Å². The molecule has 1 aliphatic heterocycles. The molecule has 0 saturated carbocycles. The number of anilines is 2. The number of unbranched alkanes of at least 4 members (excludes halogenated alkanes) is 3. The molecule has 4 aromatic rings. The number of hydrogen-bond donors (Lipinski definition) is 2. The highest BCUT2D eigenvalue weighted by Gasteiger charge is 2.18. The molecule has 11 nitrogen and oxygen atoms in total. The molecule has 1 amide bonds. The summed E-state index contributed by atoms with van der Waals surface area (Å²) >= 11 is 0. The molecule has 0 aliphatic carbocycles. The molecular weight excluding hydrogens is 532 g/mol. The van der Waals surface area contributed by atoms with Crippen LogP contribution in [0.2, 0.25) is 0 Å². The summed E-state index contributed by atoms with van der Waals surface area (Å²) in [5, 5.41) is 14.6. The molecule has 0 radical (unpaired) electrons. The zero-order valence-electron chi connectivity index (χ0n) is 24.9. The van der Waals surface area contributed by atoms with E-state index >= 15 is 0 Å². The predicted molar refractivity (Wildman–Crippen MR) is 164 cm³/mol. The average Bonchev–Trinajstić information content (AvgIpc) is 3.68. The van der Waals surface area contributed by atoms with Gasteiger partial charge in [0.2, 0.25) is 5.95 Å². The molecule has 2 N–H and O–H groups in total. The quantitative estimate of drug-likeness (QED) is 0.220. The van der Waals surface area contributed by atoms with Crippen LogP contribution in [0.25, 0.3) is 16.8 Å². The summed E-state index contributed by atoms with van der Waals surface area (Å²) in [6, 6.07) is 12.4. The molecule has 11 heteroatoms. The minimum absolute atomic E-state index is 0.330. The van der Waals surface area contributed by atoms with Gasteiger partial charge >= 0.3 is 6.09 Å². The van der Waals surface area contributed by atoms with E-state index in [4.69, 9.17) is 9.15 Å². The van der Waals surface area contributed by atoms with E-state index in [9.17, 15) is 4.79 Å². The number of rotatable bonds is 12. The molecule has 3 aromatic heterocycles. The minimum Gasteiger partial charge on any atom is -0.467 e. The highest BCUT2D eigenvalue weighted by Crippen LogP contribution is 2.27. The van der Waals surface area contributed by atoms with Crippen LogP contribution >= 0.6 is 0 Å². The Labute approximate surface area is 247 Å². The lowest BCUT2D eigenvalue weighted by molar-refractivity contribution is 0.0527. The van der Waals surface area contributed by atoms with Crippen LogP contribution in [0.4, 0.5) is 16.4 Å². The number of alkyl carbamates (subject to hydrolysis) is 1. The molecule has 1 aromatic carbocycles. The summed E-state index contributed by atoms with van der Waals surface area (Å²) in [4.78, 5) is 21.3. The zero-order chi connectivity index (χ0) is 29.4. The van der Waals surface area contributed by atoms with Crippen LogP contribution in [-0.2, 0) is 11.3 Å². The van der Waals surface area contributed by atoms with Gasteiger partial charge in [-0.15, -0.1) is 10.2 Å². The maximum absolute atomic E-state index is 11.7. The van der Waals surface area contributed by atoms with E-state index in [-0.39, 0.29) is 6.09 Å². The first kappa shape index (κ1) is 29.4. The highest BCUT2D eigenvalue weighted by atomic mass is 16.6. The van der Waals surface area contributed by atoms with Crippen molar-refractivity contribution >= 4 is 23.4 Å². The van der Waals surface area contributed by atoms with Crippen molar-refractivity contribution < 1.29 is 13.9 Å². The van der Waals surface area contributed by atoms with Gasteiger partial charge < -0.3 is 24.7 Å². The fourth-order valence-corrected chi connectivity index (χ4v) is 5.13. The van der Waals surface area contributed by atoms with Crippen LogP contribution in [0.5, 0.6) is 0 Å². The van der Waals surface area contributed by atoms with E-state index in [1.807, 2.05) is 43.5 Å². The topological polar surface area (TPSA) is 113 Å². The monoisotopic (exact) mass is 574 g/mol. The van der Waals surface area contributed by atoms with Gasteiger partial charge in [0.05, 0.1) is 12.8 Å². The van der Waals surface area contributed by atoms with Gasteiger partial charge in [0, 0.05) is 50.2 Å². The maximum atomic E-state index is 11.7. The second-order valence-corrected chi connectivity index (χ2v) is 11.7. The molecule has 0 atom stereocenters. The van der Waals surface area contributed by atoms with Crippen molar-refractivity contribution in [2.24, 2.45) is 0 Å². The Kier molecular flexibility index (Phi) is 9.58. The van der Waals surface area contributed by atoms with E-state index in [0.29, 0.717) is 19.0 Å². The molecule has 224 valence electrons. The fraction of sp³-hybridized carbons (Fsp3) is 0.484. The van der Waals surface area contributed by atoms with Gasteiger partial charge in [-0.2, -0.15) is 0 Å². The Morgan fingerprint density at radius 3 is 2.55 bits per heavy atom. The third-order valence-corrected chi connectivity index (χ3v) is 7.32. The lowest BCUT2D eigenvalue weighted by atomic mass is 10.1. The number of amides is 1. The van der Waals surface area contributed by atoms with Gasteiger partial charge in [-0.3, -0.25) is 9.30 Å². The number of carbonyl (C=O) groups is 1. The Bertz CT molecular complexity index is 1400. The summed E-state index contributed by atoms with van der Waals surface area (Å²) in [5.41, 5.74) is 3.54. The zero-order valence-corrected chi connectivity index (χ0v) is 24.9. The number of nitrogens with zero attached hydrogens (tertiary/aromatic N) is 6. The smallest absolute Gasteiger partial charge is 0.407 e. The van der Waals surface area contributed by atoms with Crippen molar-refractivity contribution in [3.05, 3.63) is 60.9 Å². The normalized spacial score (nSPS) is 14.3. The Hall–Kier alpha value is -4.12. The summed E-state index contributed by atoms with van der Waals surface area (Å²) in [6.45, 7) is 12.1. The number of aromatic nitrogens is 4. The summed E-state index contributed by atoms with van der Waals surface area (Å²) in [7, 11) is 0. The molecular formula is C31H42N8O3. The summed E-state index contributed by atoms with van der Waals surface area (Å²) in [5.74, 6) is 1.50. The maximum Gasteiger partial charge on any atom is 0.407 e. The van der Waals surface area contributed by atoms with Crippen LogP contribution in [0.3, 0.4) is 0 Å². The van der Waals surface area contributed by atoms with Crippen molar-refractivity contribution in [2.75, 3.05) is 49.5 Å². The number of hydrogen-bond acceptors (Lipinski definition) is 9. The van der Waals surface area contributed by atoms with Crippen LogP contribution in [0.15, 0.2) is 59.6 Å². The number of nitrogens with one attached hydrogen (secondary N) is 2. The Morgan fingerprint density at radius 2 is 1.81 bits per heavy atom. The van der Waals surface area contributed by atoms with Gasteiger partial charge in [-0.1, -0.05) is 25.0 Å². The minimum atomic E-state index is -0.451. The van der Waals surface area contributed by atoms with Crippen LogP contribution < -0.4 is 15.5 Å². The largest absolute Gasteiger partial charge is 0.467 e. The molecule has 5 rings (SSSR count). The highest BCUT2D eigenvalue weighted by molar-refractivity contribution is 5.78. The Balaban J connectivity index is 1.04. The number of carbonyl (C=O) groups excluding carboxylic acids is 1. The molecule has 0 spiro atoms. The van der Waals surface area contributed by atoms with Crippen molar-refractivity contribution in [1.82, 2.24) is 29.8 Å². The van der Waals surface area contributed by atoms with E-state index in [1.165, 1.54) is 18.5 Å². The number of piperazine rings is 1. The average molecular weight is 575 g/mol. The van der Waals surface area contributed by atoms with Gasteiger partial charge in [-0.05, 0) is 70.0 Å². The third kappa shape index (κ3) is 8.00. The standard InChI is InChI=1S/C31H42N8O3/c1-31(2,3)42-30(40)32-14-6-4-5-7-15-37-16-18-38(19-17-37)25-12-10-24(11-13-25)27-22-34-29(39-23-35-36-28(27)39)33-21-26-9-8-20-41-26/h8-13,20,22-23H,4-7,14-19,21H2,1-3H3,(H,32,40)(H,33,34). The molecule has 1 aliphatic rings. The number of ether oxygens (including phenoxy) is 1. The molecule has 1 fully saturated rings. The van der Waals surface area contributed by atoms with E-state index in [0.717, 1.165) is 68.1 Å².